The van der Waals surface area contributed by atoms with E-state index in [1.807, 2.05) is 12.1 Å². The molecule has 8 heteroatoms. The number of aliphatic carboxylic acids is 1. The smallest absolute Gasteiger partial charge is 0.326 e. The summed E-state index contributed by atoms with van der Waals surface area (Å²) in [5.74, 6) is 0.505. The Kier molecular flexibility index (Phi) is 8.38. The highest BCUT2D eigenvalue weighted by atomic mass is 16.4. The summed E-state index contributed by atoms with van der Waals surface area (Å²) in [4.78, 5) is 29.1. The van der Waals surface area contributed by atoms with E-state index < -0.39 is 12.0 Å². The number of aryl methyl sites for hydroxylation is 2. The number of anilines is 2. The first kappa shape index (κ1) is 23.6. The van der Waals surface area contributed by atoms with Crippen molar-refractivity contribution in [2.45, 2.75) is 63.8 Å². The van der Waals surface area contributed by atoms with Crippen molar-refractivity contribution in [1.82, 2.24) is 19.9 Å². The zero-order valence-corrected chi connectivity index (χ0v) is 19.4. The summed E-state index contributed by atoms with van der Waals surface area (Å²) in [5, 5.41) is 15.9. The third kappa shape index (κ3) is 6.73. The zero-order valence-electron chi connectivity index (χ0n) is 19.4. The number of carboxylic acid groups (broad SMARTS) is 1. The SMILES string of the molecule is O=C(O)C(CCCCCCCc1ccc2c(n1)NCCC2)Nc1ncc(-c2cccnc2)cn1. The molecule has 0 aliphatic carbocycles. The Balaban J connectivity index is 1.15. The first-order valence-electron chi connectivity index (χ1n) is 12.1. The van der Waals surface area contributed by atoms with Crippen LogP contribution in [0.1, 0.15) is 56.2 Å². The lowest BCUT2D eigenvalue weighted by Crippen LogP contribution is -2.30. The first-order chi connectivity index (χ1) is 16.7. The van der Waals surface area contributed by atoms with Crippen LogP contribution in [0.4, 0.5) is 11.8 Å². The van der Waals surface area contributed by atoms with Gasteiger partial charge in [0.05, 0.1) is 0 Å². The number of carbonyl (C=O) groups is 1. The van der Waals surface area contributed by atoms with Gasteiger partial charge in [0.25, 0.3) is 0 Å². The van der Waals surface area contributed by atoms with Gasteiger partial charge in [0.15, 0.2) is 0 Å². The molecule has 3 aromatic rings. The molecule has 1 aliphatic heterocycles. The van der Waals surface area contributed by atoms with Gasteiger partial charge >= 0.3 is 5.97 Å². The summed E-state index contributed by atoms with van der Waals surface area (Å²) in [6, 6.07) is 7.44. The van der Waals surface area contributed by atoms with Gasteiger partial charge in [-0.05, 0) is 49.8 Å². The van der Waals surface area contributed by atoms with Gasteiger partial charge in [-0.3, -0.25) is 4.98 Å². The molecule has 1 aliphatic rings. The highest BCUT2D eigenvalue weighted by Crippen LogP contribution is 2.21. The van der Waals surface area contributed by atoms with Gasteiger partial charge in [0.2, 0.25) is 5.95 Å². The molecule has 3 N–H and O–H groups in total. The summed E-state index contributed by atoms with van der Waals surface area (Å²) < 4.78 is 0. The maximum Gasteiger partial charge on any atom is 0.326 e. The van der Waals surface area contributed by atoms with E-state index in [-0.39, 0.29) is 0 Å². The van der Waals surface area contributed by atoms with Gasteiger partial charge in [-0.25, -0.2) is 19.7 Å². The van der Waals surface area contributed by atoms with Gasteiger partial charge < -0.3 is 15.7 Å². The molecule has 3 aromatic heterocycles. The second-order valence-electron chi connectivity index (χ2n) is 8.72. The van der Waals surface area contributed by atoms with Crippen LogP contribution < -0.4 is 10.6 Å². The van der Waals surface area contributed by atoms with Gasteiger partial charge in [0, 0.05) is 48.2 Å². The Hall–Kier alpha value is -3.55. The topological polar surface area (TPSA) is 113 Å². The fourth-order valence-corrected chi connectivity index (χ4v) is 4.19. The van der Waals surface area contributed by atoms with E-state index in [1.165, 1.54) is 12.0 Å². The Labute approximate surface area is 200 Å². The Morgan fingerprint density at radius 1 is 1.03 bits per heavy atom. The third-order valence-corrected chi connectivity index (χ3v) is 6.13. The van der Waals surface area contributed by atoms with Gasteiger partial charge in [-0.1, -0.05) is 37.8 Å². The van der Waals surface area contributed by atoms with Crippen molar-refractivity contribution in [2.24, 2.45) is 0 Å². The van der Waals surface area contributed by atoms with E-state index >= 15 is 0 Å². The predicted molar refractivity (Wildman–Crippen MR) is 133 cm³/mol. The molecule has 34 heavy (non-hydrogen) atoms. The summed E-state index contributed by atoms with van der Waals surface area (Å²) >= 11 is 0. The molecule has 8 nitrogen and oxygen atoms in total. The molecule has 0 spiro atoms. The molecule has 178 valence electrons. The fraction of sp³-hybridized carbons (Fsp3) is 0.423. The largest absolute Gasteiger partial charge is 0.480 e. The molecule has 0 saturated carbocycles. The first-order valence-corrected chi connectivity index (χ1v) is 12.1. The quantitative estimate of drug-likeness (QED) is 0.332. The lowest BCUT2D eigenvalue weighted by molar-refractivity contribution is -0.138. The number of aromatic nitrogens is 4. The number of nitrogens with one attached hydrogen (secondary N) is 2. The van der Waals surface area contributed by atoms with E-state index in [0.29, 0.717) is 12.4 Å². The molecule has 4 heterocycles. The predicted octanol–water partition coefficient (Wildman–Crippen LogP) is 4.74. The number of hydrogen-bond acceptors (Lipinski definition) is 7. The lowest BCUT2D eigenvalue weighted by atomic mass is 10.0. The number of pyridine rings is 2. The Morgan fingerprint density at radius 3 is 2.65 bits per heavy atom. The van der Waals surface area contributed by atoms with Crippen LogP contribution in [0, 0.1) is 0 Å². The summed E-state index contributed by atoms with van der Waals surface area (Å²) in [6.45, 7) is 1.01. The van der Waals surface area contributed by atoms with Crippen molar-refractivity contribution in [2.75, 3.05) is 17.2 Å². The molecular weight excluding hydrogens is 428 g/mol. The molecule has 0 amide bonds. The fourth-order valence-electron chi connectivity index (χ4n) is 4.19. The van der Waals surface area contributed by atoms with Crippen LogP contribution in [-0.4, -0.2) is 43.6 Å². The molecular formula is C26H32N6O2. The Bertz CT molecular complexity index is 1060. The van der Waals surface area contributed by atoms with E-state index in [2.05, 4.69) is 37.7 Å². The van der Waals surface area contributed by atoms with Crippen LogP contribution in [0.3, 0.4) is 0 Å². The minimum atomic E-state index is -0.882. The second kappa shape index (κ2) is 12.1. The maximum atomic E-state index is 11.7. The zero-order chi connectivity index (χ0) is 23.6. The van der Waals surface area contributed by atoms with Crippen LogP contribution >= 0.6 is 0 Å². The van der Waals surface area contributed by atoms with Gasteiger partial charge in [-0.2, -0.15) is 0 Å². The van der Waals surface area contributed by atoms with E-state index in [1.54, 1.807) is 24.8 Å². The number of hydrogen-bond donors (Lipinski definition) is 3. The number of fused-ring (bicyclic) bond motifs is 1. The maximum absolute atomic E-state index is 11.7. The van der Waals surface area contributed by atoms with E-state index in [0.717, 1.165) is 74.1 Å². The summed E-state index contributed by atoms with van der Waals surface area (Å²) in [6.07, 6.45) is 15.8. The van der Waals surface area contributed by atoms with Gasteiger partial charge in [-0.15, -0.1) is 0 Å². The highest BCUT2D eigenvalue weighted by Gasteiger charge is 2.18. The molecule has 0 saturated heterocycles. The van der Waals surface area contributed by atoms with Crippen LogP contribution in [0.2, 0.25) is 0 Å². The van der Waals surface area contributed by atoms with Crippen molar-refractivity contribution in [3.05, 3.63) is 60.3 Å². The normalized spacial score (nSPS) is 13.5. The Morgan fingerprint density at radius 2 is 1.85 bits per heavy atom. The lowest BCUT2D eigenvalue weighted by Gasteiger charge is -2.17. The third-order valence-electron chi connectivity index (χ3n) is 6.13. The molecule has 0 fully saturated rings. The number of nitrogens with zero attached hydrogens (tertiary/aromatic N) is 4. The van der Waals surface area contributed by atoms with Crippen LogP contribution in [-0.2, 0) is 17.6 Å². The highest BCUT2D eigenvalue weighted by molar-refractivity contribution is 5.76. The molecule has 0 aromatic carbocycles. The standard InChI is InChI=1S/C26H32N6O2/c33-25(34)23(32-26-29-17-21(18-30-26)20-9-6-14-27-16-20)11-5-3-1-2-4-10-22-13-12-19-8-7-15-28-24(19)31-22/h6,9,12-14,16-18,23H,1-5,7-8,10-11,15H2,(H,28,31)(H,33,34)(H,29,30,32). The van der Waals surface area contributed by atoms with Crippen molar-refractivity contribution in [3.63, 3.8) is 0 Å². The molecule has 0 radical (unpaired) electrons. The van der Waals surface area contributed by atoms with E-state index in [4.69, 9.17) is 4.98 Å². The average Bonchev–Trinajstić information content (AvgIpc) is 2.88. The minimum absolute atomic E-state index is 0.326. The number of rotatable bonds is 12. The molecule has 1 atom stereocenters. The number of carboxylic acids is 1. The van der Waals surface area contributed by atoms with Crippen molar-refractivity contribution in [3.8, 4) is 11.1 Å². The molecule has 4 rings (SSSR count). The average molecular weight is 461 g/mol. The van der Waals surface area contributed by atoms with Crippen molar-refractivity contribution >= 4 is 17.7 Å². The summed E-state index contributed by atoms with van der Waals surface area (Å²) in [7, 11) is 0. The monoisotopic (exact) mass is 460 g/mol. The van der Waals surface area contributed by atoms with E-state index in [9.17, 15) is 9.90 Å². The van der Waals surface area contributed by atoms with Gasteiger partial charge in [0.1, 0.15) is 11.9 Å². The minimum Gasteiger partial charge on any atom is -0.480 e. The molecule has 1 unspecified atom stereocenters. The van der Waals surface area contributed by atoms with Crippen molar-refractivity contribution in [1.29, 1.82) is 0 Å². The molecule has 0 bridgehead atoms. The van der Waals surface area contributed by atoms with Crippen molar-refractivity contribution < 1.29 is 9.90 Å². The van der Waals surface area contributed by atoms with Crippen LogP contribution in [0.25, 0.3) is 11.1 Å². The summed E-state index contributed by atoms with van der Waals surface area (Å²) in [5.41, 5.74) is 4.24. The van der Waals surface area contributed by atoms with Crippen LogP contribution in [0.5, 0.6) is 0 Å². The number of unbranched alkanes of at least 4 members (excludes halogenated alkanes) is 4. The second-order valence-corrected chi connectivity index (χ2v) is 8.72. The van der Waals surface area contributed by atoms with Crippen LogP contribution in [0.15, 0.2) is 49.1 Å².